The summed E-state index contributed by atoms with van der Waals surface area (Å²) in [5, 5.41) is 2.92. The highest BCUT2D eigenvalue weighted by atomic mass is 19.1. The van der Waals surface area contributed by atoms with Crippen LogP contribution in [0.4, 0.5) is 9.18 Å². The number of rotatable bonds is 5. The standard InChI is InChI=1S/C23H26FN3O2/c1-15(16-10-6-5-7-11-16)20(27-22(28)29-23(2,3)4)21-25-14-19(26-21)17-12-8-9-13-18(17)24/h5-15,20H,1-4H3,(H,25,26)(H,27,28)/t15-,20-/m0/s1. The number of aromatic nitrogens is 2. The Morgan fingerprint density at radius 2 is 1.76 bits per heavy atom. The first-order chi connectivity index (χ1) is 13.7. The van der Waals surface area contributed by atoms with Crippen LogP contribution < -0.4 is 5.32 Å². The van der Waals surface area contributed by atoms with E-state index in [9.17, 15) is 9.18 Å². The molecule has 2 N–H and O–H groups in total. The van der Waals surface area contributed by atoms with Crippen molar-refractivity contribution in [2.75, 3.05) is 0 Å². The number of benzene rings is 2. The molecule has 0 spiro atoms. The number of amides is 1. The van der Waals surface area contributed by atoms with Gasteiger partial charge in [0.25, 0.3) is 0 Å². The van der Waals surface area contributed by atoms with Gasteiger partial charge in [0.15, 0.2) is 0 Å². The Hall–Kier alpha value is -3.15. The first-order valence-corrected chi connectivity index (χ1v) is 9.59. The van der Waals surface area contributed by atoms with Gasteiger partial charge in [-0.25, -0.2) is 14.2 Å². The van der Waals surface area contributed by atoms with E-state index in [0.717, 1.165) is 5.56 Å². The van der Waals surface area contributed by atoms with Crippen molar-refractivity contribution < 1.29 is 13.9 Å². The summed E-state index contributed by atoms with van der Waals surface area (Å²) >= 11 is 0. The molecule has 1 aromatic heterocycles. The molecule has 0 unspecified atom stereocenters. The van der Waals surface area contributed by atoms with Crippen LogP contribution in [0.3, 0.4) is 0 Å². The molecule has 0 aliphatic rings. The third kappa shape index (κ3) is 5.22. The third-order valence-corrected chi connectivity index (χ3v) is 4.55. The molecule has 5 nitrogen and oxygen atoms in total. The lowest BCUT2D eigenvalue weighted by atomic mass is 9.93. The molecule has 0 aliphatic heterocycles. The number of imidazole rings is 1. The van der Waals surface area contributed by atoms with Crippen molar-refractivity contribution >= 4 is 6.09 Å². The molecular weight excluding hydrogens is 369 g/mol. The number of alkyl carbamates (subject to hydrolysis) is 1. The monoisotopic (exact) mass is 395 g/mol. The van der Waals surface area contributed by atoms with Gasteiger partial charge in [-0.15, -0.1) is 0 Å². The van der Waals surface area contributed by atoms with E-state index < -0.39 is 17.7 Å². The van der Waals surface area contributed by atoms with Crippen LogP contribution in [0.25, 0.3) is 11.3 Å². The first-order valence-electron chi connectivity index (χ1n) is 9.59. The number of carbonyl (C=O) groups is 1. The van der Waals surface area contributed by atoms with Gasteiger partial charge in [-0.2, -0.15) is 0 Å². The normalized spacial score (nSPS) is 13.6. The summed E-state index contributed by atoms with van der Waals surface area (Å²) in [6.45, 7) is 7.44. The third-order valence-electron chi connectivity index (χ3n) is 4.55. The van der Waals surface area contributed by atoms with Crippen LogP contribution in [0.15, 0.2) is 60.8 Å². The lowest BCUT2D eigenvalue weighted by molar-refractivity contribution is 0.0494. The van der Waals surface area contributed by atoms with Gasteiger partial charge in [-0.3, -0.25) is 0 Å². The number of carbonyl (C=O) groups excluding carboxylic acids is 1. The fourth-order valence-corrected chi connectivity index (χ4v) is 3.12. The zero-order valence-electron chi connectivity index (χ0n) is 17.1. The predicted octanol–water partition coefficient (Wildman–Crippen LogP) is 5.59. The van der Waals surface area contributed by atoms with Gasteiger partial charge in [-0.1, -0.05) is 49.4 Å². The fraction of sp³-hybridized carbons (Fsp3) is 0.304. The van der Waals surface area contributed by atoms with Gasteiger partial charge in [0, 0.05) is 11.5 Å². The van der Waals surface area contributed by atoms with E-state index in [4.69, 9.17) is 4.74 Å². The molecule has 0 radical (unpaired) electrons. The Morgan fingerprint density at radius 1 is 1.10 bits per heavy atom. The number of halogens is 1. The molecule has 3 aromatic rings. The van der Waals surface area contributed by atoms with Crippen LogP contribution in [-0.4, -0.2) is 21.7 Å². The van der Waals surface area contributed by atoms with Crippen molar-refractivity contribution in [3.05, 3.63) is 78.0 Å². The molecule has 0 saturated carbocycles. The zero-order valence-corrected chi connectivity index (χ0v) is 17.1. The Kier molecular flexibility index (Phi) is 6.01. The van der Waals surface area contributed by atoms with Gasteiger partial charge >= 0.3 is 6.09 Å². The summed E-state index contributed by atoms with van der Waals surface area (Å²) in [7, 11) is 0. The highest BCUT2D eigenvalue weighted by Gasteiger charge is 2.28. The van der Waals surface area contributed by atoms with Gasteiger partial charge in [0.1, 0.15) is 17.2 Å². The maximum Gasteiger partial charge on any atom is 0.408 e. The second-order valence-electron chi connectivity index (χ2n) is 7.99. The Bertz CT molecular complexity index is 964. The molecule has 2 aromatic carbocycles. The van der Waals surface area contributed by atoms with Crippen molar-refractivity contribution in [2.45, 2.75) is 45.3 Å². The molecule has 0 saturated heterocycles. The summed E-state index contributed by atoms with van der Waals surface area (Å²) in [4.78, 5) is 20.1. The van der Waals surface area contributed by atoms with E-state index in [2.05, 4.69) is 15.3 Å². The van der Waals surface area contributed by atoms with Gasteiger partial charge in [-0.05, 0) is 38.5 Å². The summed E-state index contributed by atoms with van der Waals surface area (Å²) in [5.41, 5.74) is 1.40. The lowest BCUT2D eigenvalue weighted by Gasteiger charge is -2.26. The van der Waals surface area contributed by atoms with Crippen LogP contribution in [-0.2, 0) is 4.74 Å². The lowest BCUT2D eigenvalue weighted by Crippen LogP contribution is -2.37. The Balaban J connectivity index is 1.93. The molecule has 0 bridgehead atoms. The highest BCUT2D eigenvalue weighted by Crippen LogP contribution is 2.31. The molecule has 0 aliphatic carbocycles. The molecule has 0 fully saturated rings. The topological polar surface area (TPSA) is 67.0 Å². The van der Waals surface area contributed by atoms with E-state index >= 15 is 0 Å². The number of nitrogens with zero attached hydrogens (tertiary/aromatic N) is 1. The molecule has 1 amide bonds. The van der Waals surface area contributed by atoms with Gasteiger partial charge < -0.3 is 15.0 Å². The maximum atomic E-state index is 14.2. The van der Waals surface area contributed by atoms with E-state index in [1.807, 2.05) is 58.0 Å². The maximum absolute atomic E-state index is 14.2. The van der Waals surface area contributed by atoms with Crippen molar-refractivity contribution in [2.24, 2.45) is 0 Å². The molecule has 29 heavy (non-hydrogen) atoms. The average Bonchev–Trinajstić information content (AvgIpc) is 3.15. The number of hydrogen-bond acceptors (Lipinski definition) is 3. The molecule has 3 rings (SSSR count). The van der Waals surface area contributed by atoms with Gasteiger partial charge in [0.2, 0.25) is 0 Å². The fourth-order valence-electron chi connectivity index (χ4n) is 3.12. The van der Waals surface area contributed by atoms with Crippen LogP contribution in [0.1, 0.15) is 51.0 Å². The van der Waals surface area contributed by atoms with E-state index in [0.29, 0.717) is 17.1 Å². The minimum absolute atomic E-state index is 0.0941. The van der Waals surface area contributed by atoms with E-state index in [1.54, 1.807) is 24.4 Å². The van der Waals surface area contributed by atoms with Crippen molar-refractivity contribution in [3.8, 4) is 11.3 Å². The van der Waals surface area contributed by atoms with E-state index in [1.165, 1.54) is 6.07 Å². The number of ether oxygens (including phenoxy) is 1. The quantitative estimate of drug-likeness (QED) is 0.592. The summed E-state index contributed by atoms with van der Waals surface area (Å²) in [6, 6.07) is 15.8. The largest absolute Gasteiger partial charge is 0.444 e. The number of nitrogens with one attached hydrogen (secondary N) is 2. The molecule has 1 heterocycles. The molecule has 6 heteroatoms. The Morgan fingerprint density at radius 3 is 2.41 bits per heavy atom. The van der Waals surface area contributed by atoms with Crippen LogP contribution >= 0.6 is 0 Å². The summed E-state index contributed by atoms with van der Waals surface area (Å²) in [5.74, 6) is 0.101. The second-order valence-corrected chi connectivity index (χ2v) is 7.99. The van der Waals surface area contributed by atoms with Crippen molar-refractivity contribution in [1.29, 1.82) is 0 Å². The van der Waals surface area contributed by atoms with Crippen LogP contribution in [0.2, 0.25) is 0 Å². The zero-order chi connectivity index (χ0) is 21.0. The van der Waals surface area contributed by atoms with Gasteiger partial charge in [0.05, 0.1) is 17.9 Å². The number of aromatic amines is 1. The molecule has 2 atom stereocenters. The Labute approximate surface area is 170 Å². The van der Waals surface area contributed by atoms with Crippen molar-refractivity contribution in [3.63, 3.8) is 0 Å². The predicted molar refractivity (Wildman–Crippen MR) is 111 cm³/mol. The van der Waals surface area contributed by atoms with Crippen LogP contribution in [0, 0.1) is 5.82 Å². The average molecular weight is 395 g/mol. The summed E-state index contributed by atoms with van der Waals surface area (Å²) in [6.07, 6.45) is 1.05. The highest BCUT2D eigenvalue weighted by molar-refractivity contribution is 5.68. The molecule has 152 valence electrons. The minimum Gasteiger partial charge on any atom is -0.444 e. The molecular formula is C23H26FN3O2. The first kappa shape index (κ1) is 20.6. The summed E-state index contributed by atoms with van der Waals surface area (Å²) < 4.78 is 19.6. The van der Waals surface area contributed by atoms with Crippen molar-refractivity contribution in [1.82, 2.24) is 15.3 Å². The van der Waals surface area contributed by atoms with E-state index in [-0.39, 0.29) is 11.7 Å². The number of hydrogen-bond donors (Lipinski definition) is 2. The second kappa shape index (κ2) is 8.47. The van der Waals surface area contributed by atoms with Crippen LogP contribution in [0.5, 0.6) is 0 Å². The number of H-pyrrole nitrogens is 1. The SMILES string of the molecule is C[C@@H](c1ccccc1)[C@H](NC(=O)OC(C)(C)C)c1ncc(-c2ccccc2F)[nH]1. The minimum atomic E-state index is -0.619. The smallest absolute Gasteiger partial charge is 0.408 e.